The van der Waals surface area contributed by atoms with E-state index in [1.165, 1.54) is 29.5 Å². The Morgan fingerprint density at radius 3 is 2.29 bits per heavy atom. The van der Waals surface area contributed by atoms with Gasteiger partial charge in [0.1, 0.15) is 34.7 Å². The van der Waals surface area contributed by atoms with Crippen molar-refractivity contribution in [2.45, 2.75) is 68.5 Å². The fourth-order valence-corrected chi connectivity index (χ4v) is 7.82. The Labute approximate surface area is 281 Å². The number of carbonyl (C=O) groups excluding carboxylic acids is 1. The molecule has 1 saturated carbocycles. The van der Waals surface area contributed by atoms with Crippen molar-refractivity contribution in [2.24, 2.45) is 0 Å². The largest absolute Gasteiger partial charge is 0.488 e. The molecule has 4 aromatic rings. The minimum absolute atomic E-state index is 0.0288. The summed E-state index contributed by atoms with van der Waals surface area (Å²) in [6.07, 6.45) is 8.66. The highest BCUT2D eigenvalue weighted by atomic mass is 32.2. The second-order valence-electron chi connectivity index (χ2n) is 12.1. The topological polar surface area (TPSA) is 130 Å². The molecule has 1 aliphatic heterocycles. The van der Waals surface area contributed by atoms with Crippen LogP contribution in [0.2, 0.25) is 0 Å². The van der Waals surface area contributed by atoms with Crippen LogP contribution in [0, 0.1) is 17.5 Å². The van der Waals surface area contributed by atoms with Gasteiger partial charge in [-0.3, -0.25) is 14.8 Å². The van der Waals surface area contributed by atoms with Gasteiger partial charge in [-0.25, -0.2) is 26.4 Å². The fraction of sp³-hybridized carbons (Fsp3) is 0.314. The highest BCUT2D eigenvalue weighted by molar-refractivity contribution is 7.89. The van der Waals surface area contributed by atoms with E-state index in [2.05, 4.69) is 9.97 Å². The molecule has 0 radical (unpaired) electrons. The van der Waals surface area contributed by atoms with Crippen molar-refractivity contribution in [3.63, 3.8) is 0 Å². The molecule has 256 valence electrons. The van der Waals surface area contributed by atoms with Crippen molar-refractivity contribution in [3.05, 3.63) is 113 Å². The lowest BCUT2D eigenvalue weighted by molar-refractivity contribution is -0.125. The highest BCUT2D eigenvalue weighted by Crippen LogP contribution is 2.35. The predicted octanol–water partition coefficient (Wildman–Crippen LogP) is 6.22. The summed E-state index contributed by atoms with van der Waals surface area (Å²) in [5.41, 5.74) is 2.01. The number of benzene rings is 3. The number of halogens is 3. The van der Waals surface area contributed by atoms with Crippen LogP contribution < -0.4 is 9.64 Å². The molecule has 1 saturated heterocycles. The van der Waals surface area contributed by atoms with Crippen molar-refractivity contribution in [1.82, 2.24) is 14.3 Å². The van der Waals surface area contributed by atoms with Crippen LogP contribution in [0.1, 0.15) is 71.8 Å². The molecular weight excluding hydrogens is 661 g/mol. The van der Waals surface area contributed by atoms with Gasteiger partial charge >= 0.3 is 5.97 Å². The molecule has 1 amide bonds. The van der Waals surface area contributed by atoms with Gasteiger partial charge in [-0.1, -0.05) is 49.6 Å². The number of aromatic nitrogens is 2. The molecule has 0 bridgehead atoms. The van der Waals surface area contributed by atoms with Gasteiger partial charge in [0.05, 0.1) is 24.1 Å². The minimum atomic E-state index is -4.76. The third-order valence-electron chi connectivity index (χ3n) is 8.90. The third-order valence-corrected chi connectivity index (χ3v) is 10.8. The molecule has 1 atom stereocenters. The summed E-state index contributed by atoms with van der Waals surface area (Å²) in [4.78, 5) is 35.6. The quantitative estimate of drug-likeness (QED) is 0.183. The molecule has 3 aromatic carbocycles. The zero-order valence-corrected chi connectivity index (χ0v) is 27.1. The second kappa shape index (κ2) is 14.3. The molecule has 2 fully saturated rings. The molecule has 1 unspecified atom stereocenters. The zero-order valence-electron chi connectivity index (χ0n) is 26.3. The normalized spacial score (nSPS) is 16.9. The van der Waals surface area contributed by atoms with Gasteiger partial charge in [-0.05, 0) is 43.0 Å². The number of carbonyl (C=O) groups is 2. The first-order valence-electron chi connectivity index (χ1n) is 15.9. The average molecular weight is 695 g/mol. The molecule has 0 spiro atoms. The van der Waals surface area contributed by atoms with E-state index in [9.17, 15) is 36.3 Å². The van der Waals surface area contributed by atoms with Crippen LogP contribution in [-0.2, 0) is 28.0 Å². The lowest BCUT2D eigenvalue weighted by atomic mass is 9.87. The number of ether oxygens (including phenoxy) is 1. The number of nitrogens with zero attached hydrogens (tertiary/aromatic N) is 4. The zero-order chi connectivity index (χ0) is 34.7. The maximum atomic E-state index is 14.6. The Bertz CT molecular complexity index is 1960. The summed E-state index contributed by atoms with van der Waals surface area (Å²) < 4.78 is 75.7. The summed E-state index contributed by atoms with van der Waals surface area (Å²) >= 11 is 0. The average Bonchev–Trinajstić information content (AvgIpc) is 3.08. The van der Waals surface area contributed by atoms with Crippen LogP contribution in [0.4, 0.5) is 18.9 Å². The molecule has 2 heterocycles. The highest BCUT2D eigenvalue weighted by Gasteiger charge is 2.46. The van der Waals surface area contributed by atoms with Crippen molar-refractivity contribution >= 4 is 27.6 Å². The number of carboxylic acids is 1. The summed E-state index contributed by atoms with van der Waals surface area (Å²) in [5.74, 6) is -6.34. The molecule has 49 heavy (non-hydrogen) atoms. The van der Waals surface area contributed by atoms with Gasteiger partial charge in [-0.15, -0.1) is 0 Å². The van der Waals surface area contributed by atoms with Gasteiger partial charge in [0.25, 0.3) is 0 Å². The number of carboxylic acid groups (broad SMARTS) is 1. The van der Waals surface area contributed by atoms with Crippen molar-refractivity contribution in [2.75, 3.05) is 11.4 Å². The molecule has 2 aliphatic rings. The van der Waals surface area contributed by atoms with Gasteiger partial charge in [0, 0.05) is 36.5 Å². The van der Waals surface area contributed by atoms with Crippen LogP contribution in [0.25, 0.3) is 0 Å². The summed E-state index contributed by atoms with van der Waals surface area (Å²) in [6, 6.07) is 12.2. The van der Waals surface area contributed by atoms with Crippen LogP contribution in [-0.4, -0.2) is 52.3 Å². The van der Waals surface area contributed by atoms with E-state index in [0.717, 1.165) is 41.2 Å². The van der Waals surface area contributed by atoms with Crippen LogP contribution in [0.15, 0.2) is 78.0 Å². The number of sulfonamides is 1. The van der Waals surface area contributed by atoms with Crippen molar-refractivity contribution in [3.8, 4) is 5.75 Å². The summed E-state index contributed by atoms with van der Waals surface area (Å²) in [5, 5.41) is 9.86. The standard InChI is InChI=1S/C35H33F3N4O6S/c36-27-16-29(38)33(17-28(27)37)49(46,47)42-14-13-31(42)34(43)41(20-24-18-40-30(19-39-24)23-9-5-2-6-10-23)25-11-12-26(35(44)45)32(15-25)48-21-22-7-3-1-4-8-22/h1,3-4,7-8,11-12,15-19,23,31H,2,5-6,9-10,13-14,20-21H2,(H,44,45). The Morgan fingerprint density at radius 1 is 0.898 bits per heavy atom. The van der Waals surface area contributed by atoms with E-state index in [0.29, 0.717) is 5.69 Å². The Hall–Kier alpha value is -4.82. The SMILES string of the molecule is O=C(O)c1ccc(N(Cc2cnc(C3CCCCC3)cn2)C(=O)C2CCN2S(=O)(=O)c2cc(F)c(F)cc2F)cc1OCc1ccccc1. The van der Waals surface area contributed by atoms with Gasteiger partial charge in [0.2, 0.25) is 15.9 Å². The maximum absolute atomic E-state index is 14.6. The predicted molar refractivity (Wildman–Crippen MR) is 172 cm³/mol. The van der Waals surface area contributed by atoms with E-state index in [4.69, 9.17) is 4.74 Å². The first kappa shape index (κ1) is 34.1. The lowest BCUT2D eigenvalue weighted by Gasteiger charge is -2.41. The van der Waals surface area contributed by atoms with Gasteiger partial charge in [0.15, 0.2) is 11.6 Å². The number of aromatic carboxylic acids is 1. The maximum Gasteiger partial charge on any atom is 0.339 e. The Balaban J connectivity index is 1.34. The summed E-state index contributed by atoms with van der Waals surface area (Å²) in [7, 11) is -4.76. The Morgan fingerprint density at radius 2 is 1.63 bits per heavy atom. The van der Waals surface area contributed by atoms with Gasteiger partial charge in [-0.2, -0.15) is 4.31 Å². The van der Waals surface area contributed by atoms with E-state index in [1.807, 2.05) is 6.07 Å². The number of hydrogen-bond acceptors (Lipinski definition) is 7. The molecule has 1 aromatic heterocycles. The first-order valence-corrected chi connectivity index (χ1v) is 17.3. The number of hydrogen-bond donors (Lipinski definition) is 1. The molecule has 14 heteroatoms. The molecule has 6 rings (SSSR count). The first-order chi connectivity index (χ1) is 23.5. The molecule has 10 nitrogen and oxygen atoms in total. The third kappa shape index (κ3) is 7.30. The van der Waals surface area contributed by atoms with Crippen LogP contribution in [0.3, 0.4) is 0 Å². The smallest absolute Gasteiger partial charge is 0.339 e. The second-order valence-corrected chi connectivity index (χ2v) is 13.9. The summed E-state index contributed by atoms with van der Waals surface area (Å²) in [6.45, 7) is -0.323. The number of rotatable bonds is 11. The van der Waals surface area contributed by atoms with E-state index >= 15 is 0 Å². The van der Waals surface area contributed by atoms with Crippen molar-refractivity contribution < 1.29 is 41.0 Å². The monoisotopic (exact) mass is 694 g/mol. The van der Waals surface area contributed by atoms with E-state index in [-0.39, 0.29) is 61.2 Å². The minimum Gasteiger partial charge on any atom is -0.488 e. The Kier molecular flexibility index (Phi) is 9.97. The number of amides is 1. The van der Waals surface area contributed by atoms with Gasteiger partial charge < -0.3 is 14.7 Å². The number of anilines is 1. The van der Waals surface area contributed by atoms with E-state index < -0.39 is 50.3 Å². The fourth-order valence-electron chi connectivity index (χ4n) is 6.13. The molecular formula is C35H33F3N4O6S. The molecule has 1 aliphatic carbocycles. The van der Waals surface area contributed by atoms with Crippen LogP contribution in [0.5, 0.6) is 5.75 Å². The molecule has 1 N–H and O–H groups in total. The van der Waals surface area contributed by atoms with Crippen LogP contribution >= 0.6 is 0 Å². The lowest BCUT2D eigenvalue weighted by Crippen LogP contribution is -2.59. The van der Waals surface area contributed by atoms with E-state index in [1.54, 1.807) is 36.7 Å². The van der Waals surface area contributed by atoms with Crippen molar-refractivity contribution in [1.29, 1.82) is 0 Å².